The average molecular weight is 219 g/mol. The molecule has 0 saturated carbocycles. The van der Waals surface area contributed by atoms with Gasteiger partial charge in [0.2, 0.25) is 0 Å². The Morgan fingerprint density at radius 1 is 1.13 bits per heavy atom. The van der Waals surface area contributed by atoms with E-state index in [0.29, 0.717) is 19.8 Å². The lowest BCUT2D eigenvalue weighted by Gasteiger charge is -2.27. The molecule has 2 N–H and O–H groups in total. The molecule has 4 nitrogen and oxygen atoms in total. The number of hydrogen-bond donors (Lipinski definition) is 2. The zero-order valence-electron chi connectivity index (χ0n) is 10.6. The molecule has 0 spiro atoms. The molecule has 0 amide bonds. The summed E-state index contributed by atoms with van der Waals surface area (Å²) in [5, 5.41) is 12.1. The molecule has 0 fully saturated rings. The topological polar surface area (TPSA) is 50.7 Å². The van der Waals surface area contributed by atoms with E-state index in [0.717, 1.165) is 0 Å². The van der Waals surface area contributed by atoms with Crippen LogP contribution in [0.5, 0.6) is 0 Å². The van der Waals surface area contributed by atoms with Crippen molar-refractivity contribution in [3.8, 4) is 0 Å². The number of hydrogen-bond acceptors (Lipinski definition) is 4. The summed E-state index contributed by atoms with van der Waals surface area (Å²) < 4.78 is 10.9. The lowest BCUT2D eigenvalue weighted by molar-refractivity contribution is -0.0453. The van der Waals surface area contributed by atoms with Crippen molar-refractivity contribution in [1.82, 2.24) is 5.32 Å². The van der Waals surface area contributed by atoms with Gasteiger partial charge in [-0.25, -0.2) is 0 Å². The summed E-state index contributed by atoms with van der Waals surface area (Å²) in [4.78, 5) is 0. The van der Waals surface area contributed by atoms with Crippen molar-refractivity contribution in [3.63, 3.8) is 0 Å². The fourth-order valence-corrected chi connectivity index (χ4v) is 0.901. The predicted molar refractivity (Wildman–Crippen MR) is 61.1 cm³/mol. The third-order valence-electron chi connectivity index (χ3n) is 2.14. The Hall–Kier alpha value is -0.160. The molecule has 0 aliphatic heterocycles. The van der Waals surface area contributed by atoms with Crippen LogP contribution in [0.4, 0.5) is 0 Å². The Labute approximate surface area is 93.0 Å². The van der Waals surface area contributed by atoms with Gasteiger partial charge in [-0.2, -0.15) is 0 Å². The lowest BCUT2D eigenvalue weighted by Crippen LogP contribution is -2.47. The van der Waals surface area contributed by atoms with Gasteiger partial charge in [-0.3, -0.25) is 0 Å². The number of ether oxygens (including phenoxy) is 2. The highest BCUT2D eigenvalue weighted by atomic mass is 16.5. The minimum absolute atomic E-state index is 0.0592. The molecule has 0 aromatic rings. The van der Waals surface area contributed by atoms with Gasteiger partial charge in [0.05, 0.1) is 37.6 Å². The number of likely N-dealkylation sites (N-methyl/N-ethyl adjacent to an activating group) is 1. The van der Waals surface area contributed by atoms with E-state index in [2.05, 4.69) is 5.32 Å². The van der Waals surface area contributed by atoms with Crippen LogP contribution in [0.25, 0.3) is 0 Å². The number of rotatable bonds is 7. The first-order valence-electron chi connectivity index (χ1n) is 5.34. The van der Waals surface area contributed by atoms with E-state index in [-0.39, 0.29) is 17.7 Å². The molecule has 1 unspecified atom stereocenters. The highest BCUT2D eigenvalue weighted by Crippen LogP contribution is 2.06. The molecule has 15 heavy (non-hydrogen) atoms. The summed E-state index contributed by atoms with van der Waals surface area (Å²) in [6.45, 7) is 9.62. The second-order valence-electron chi connectivity index (χ2n) is 4.98. The Morgan fingerprint density at radius 2 is 1.73 bits per heavy atom. The molecule has 4 heteroatoms. The van der Waals surface area contributed by atoms with E-state index in [1.54, 1.807) is 0 Å². The average Bonchev–Trinajstić information content (AvgIpc) is 2.15. The summed E-state index contributed by atoms with van der Waals surface area (Å²) in [7, 11) is 1.81. The standard InChI is InChI=1S/C11H25NO3/c1-10(2,3)15-7-6-14-9-11(4,8-13)12-5/h12-13H,6-9H2,1-5H3. The maximum Gasteiger partial charge on any atom is 0.0707 e. The van der Waals surface area contributed by atoms with Crippen molar-refractivity contribution in [1.29, 1.82) is 0 Å². The van der Waals surface area contributed by atoms with Crippen molar-refractivity contribution < 1.29 is 14.6 Å². The molecular weight excluding hydrogens is 194 g/mol. The van der Waals surface area contributed by atoms with Gasteiger partial charge in [-0.15, -0.1) is 0 Å². The van der Waals surface area contributed by atoms with E-state index >= 15 is 0 Å². The number of aliphatic hydroxyl groups excluding tert-OH is 1. The molecule has 0 rings (SSSR count). The van der Waals surface area contributed by atoms with Crippen LogP contribution in [0.1, 0.15) is 27.7 Å². The SMILES string of the molecule is CNC(C)(CO)COCCOC(C)(C)C. The van der Waals surface area contributed by atoms with E-state index in [9.17, 15) is 0 Å². The fraction of sp³-hybridized carbons (Fsp3) is 1.00. The van der Waals surface area contributed by atoms with Crippen molar-refractivity contribution >= 4 is 0 Å². The van der Waals surface area contributed by atoms with Gasteiger partial charge in [0, 0.05) is 0 Å². The van der Waals surface area contributed by atoms with Gasteiger partial charge >= 0.3 is 0 Å². The van der Waals surface area contributed by atoms with Crippen LogP contribution in [0, 0.1) is 0 Å². The highest BCUT2D eigenvalue weighted by molar-refractivity contribution is 4.79. The zero-order chi connectivity index (χ0) is 11.9. The second kappa shape index (κ2) is 6.43. The quantitative estimate of drug-likeness (QED) is 0.622. The Morgan fingerprint density at radius 3 is 2.13 bits per heavy atom. The minimum Gasteiger partial charge on any atom is -0.394 e. The fourth-order valence-electron chi connectivity index (χ4n) is 0.901. The molecule has 1 atom stereocenters. The molecular formula is C11H25NO3. The molecule has 0 aliphatic rings. The maximum atomic E-state index is 9.10. The largest absolute Gasteiger partial charge is 0.394 e. The van der Waals surface area contributed by atoms with Gasteiger partial charge in [-0.05, 0) is 34.7 Å². The van der Waals surface area contributed by atoms with Crippen molar-refractivity contribution in [2.45, 2.75) is 38.8 Å². The van der Waals surface area contributed by atoms with Crippen LogP contribution >= 0.6 is 0 Å². The third-order valence-corrected chi connectivity index (χ3v) is 2.14. The molecule has 0 bridgehead atoms. The number of aliphatic hydroxyl groups is 1. The van der Waals surface area contributed by atoms with Crippen molar-refractivity contribution in [3.05, 3.63) is 0 Å². The molecule has 0 heterocycles. The monoisotopic (exact) mass is 219 g/mol. The first-order chi connectivity index (χ1) is 6.83. The van der Waals surface area contributed by atoms with E-state index < -0.39 is 0 Å². The Bertz CT molecular complexity index is 162. The van der Waals surface area contributed by atoms with Crippen LogP contribution < -0.4 is 5.32 Å². The maximum absolute atomic E-state index is 9.10. The minimum atomic E-state index is -0.359. The summed E-state index contributed by atoms with van der Waals surface area (Å²) >= 11 is 0. The summed E-state index contributed by atoms with van der Waals surface area (Å²) in [6.07, 6.45) is 0. The van der Waals surface area contributed by atoms with Crippen molar-refractivity contribution in [2.24, 2.45) is 0 Å². The van der Waals surface area contributed by atoms with Gasteiger partial charge in [0.25, 0.3) is 0 Å². The van der Waals surface area contributed by atoms with E-state index in [4.69, 9.17) is 14.6 Å². The van der Waals surface area contributed by atoms with Gasteiger partial charge in [-0.1, -0.05) is 0 Å². The normalized spacial score (nSPS) is 16.4. The van der Waals surface area contributed by atoms with Gasteiger partial charge in [0.1, 0.15) is 0 Å². The smallest absolute Gasteiger partial charge is 0.0707 e. The predicted octanol–water partition coefficient (Wildman–Crippen LogP) is 0.788. The van der Waals surface area contributed by atoms with Gasteiger partial charge < -0.3 is 19.9 Å². The van der Waals surface area contributed by atoms with E-state index in [1.165, 1.54) is 0 Å². The Balaban J connectivity index is 3.54. The summed E-state index contributed by atoms with van der Waals surface area (Å²) in [6, 6.07) is 0. The molecule has 0 radical (unpaired) electrons. The molecule has 0 aromatic carbocycles. The van der Waals surface area contributed by atoms with Crippen LogP contribution in [0.2, 0.25) is 0 Å². The van der Waals surface area contributed by atoms with Gasteiger partial charge in [0.15, 0.2) is 0 Å². The van der Waals surface area contributed by atoms with E-state index in [1.807, 2.05) is 34.7 Å². The lowest BCUT2D eigenvalue weighted by atomic mass is 10.1. The molecule has 0 aromatic heterocycles. The van der Waals surface area contributed by atoms with Crippen LogP contribution in [0.3, 0.4) is 0 Å². The van der Waals surface area contributed by atoms with Crippen LogP contribution in [-0.2, 0) is 9.47 Å². The summed E-state index contributed by atoms with van der Waals surface area (Å²) in [5.41, 5.74) is -0.478. The molecule has 0 saturated heterocycles. The third kappa shape index (κ3) is 7.73. The Kier molecular flexibility index (Phi) is 6.36. The first-order valence-corrected chi connectivity index (χ1v) is 5.34. The van der Waals surface area contributed by atoms with Crippen LogP contribution in [0.15, 0.2) is 0 Å². The molecule has 0 aliphatic carbocycles. The zero-order valence-corrected chi connectivity index (χ0v) is 10.6. The van der Waals surface area contributed by atoms with Crippen molar-refractivity contribution in [2.75, 3.05) is 33.5 Å². The highest BCUT2D eigenvalue weighted by Gasteiger charge is 2.20. The van der Waals surface area contributed by atoms with Crippen LogP contribution in [-0.4, -0.2) is 49.7 Å². The first kappa shape index (κ1) is 14.8. The number of nitrogens with one attached hydrogen (secondary N) is 1. The second-order valence-corrected chi connectivity index (χ2v) is 4.98. The molecule has 92 valence electrons. The summed E-state index contributed by atoms with van der Waals surface area (Å²) in [5.74, 6) is 0.